The number of pyridine rings is 1. The van der Waals surface area contributed by atoms with E-state index in [0.29, 0.717) is 42.8 Å². The fraction of sp³-hybridized carbons (Fsp3) is 0.296. The van der Waals surface area contributed by atoms with Gasteiger partial charge in [0.25, 0.3) is 11.5 Å². The molecule has 0 spiro atoms. The van der Waals surface area contributed by atoms with Gasteiger partial charge in [-0.3, -0.25) is 19.0 Å². The third-order valence-electron chi connectivity index (χ3n) is 5.97. The number of Topliss-reactive ketones (excluding diaryl/α,β-unsaturated/α-hetero) is 1. The van der Waals surface area contributed by atoms with Gasteiger partial charge >= 0.3 is 0 Å². The minimum absolute atomic E-state index is 0.00504. The number of carbonyl (C=O) groups excluding carboxylic acids is 2. The van der Waals surface area contributed by atoms with Crippen LogP contribution >= 0.6 is 0 Å². The number of hydrogen-bond acceptors (Lipinski definition) is 3. The standard InChI is InChI=1S/C27H28N2O3/c1-18-9-11-20(12-10-18)29-23-16-27(2,3)17-24(30)21(23)15-22(26(29)32)25(31)28-14-13-19-7-5-4-6-8-19/h4-12,15H,13-14,16-17H2,1-3H3,(H,28,31). The third kappa shape index (κ3) is 4.42. The molecule has 0 atom stereocenters. The van der Waals surface area contributed by atoms with Gasteiger partial charge in [-0.25, -0.2) is 0 Å². The summed E-state index contributed by atoms with van der Waals surface area (Å²) in [4.78, 5) is 39.5. The Kier molecular flexibility index (Phi) is 5.83. The van der Waals surface area contributed by atoms with Crippen molar-refractivity contribution in [3.63, 3.8) is 0 Å². The van der Waals surface area contributed by atoms with Crippen LogP contribution in [0.3, 0.4) is 0 Å². The number of nitrogens with zero attached hydrogens (tertiary/aromatic N) is 1. The molecule has 1 aliphatic carbocycles. The molecule has 4 rings (SSSR count). The zero-order valence-electron chi connectivity index (χ0n) is 18.8. The molecule has 0 bridgehead atoms. The molecule has 0 unspecified atom stereocenters. The number of ketones is 1. The van der Waals surface area contributed by atoms with Crippen LogP contribution in [0.15, 0.2) is 65.5 Å². The van der Waals surface area contributed by atoms with Gasteiger partial charge in [0.1, 0.15) is 5.56 Å². The van der Waals surface area contributed by atoms with Crippen LogP contribution in [0.4, 0.5) is 0 Å². The molecule has 5 heteroatoms. The van der Waals surface area contributed by atoms with E-state index in [1.54, 1.807) is 4.57 Å². The predicted molar refractivity (Wildman–Crippen MR) is 126 cm³/mol. The lowest BCUT2D eigenvalue weighted by Crippen LogP contribution is -2.39. The van der Waals surface area contributed by atoms with E-state index < -0.39 is 11.5 Å². The Hall–Kier alpha value is -3.47. The van der Waals surface area contributed by atoms with Crippen molar-refractivity contribution >= 4 is 11.7 Å². The number of aryl methyl sites for hydroxylation is 1. The molecule has 1 amide bonds. The highest BCUT2D eigenvalue weighted by Gasteiger charge is 2.35. The minimum atomic E-state index is -0.452. The normalized spacial score (nSPS) is 14.7. The molecular weight excluding hydrogens is 400 g/mol. The van der Waals surface area contributed by atoms with E-state index in [2.05, 4.69) is 5.32 Å². The van der Waals surface area contributed by atoms with Crippen LogP contribution in [0.25, 0.3) is 5.69 Å². The lowest BCUT2D eigenvalue weighted by atomic mass is 9.75. The zero-order valence-corrected chi connectivity index (χ0v) is 18.8. The summed E-state index contributed by atoms with van der Waals surface area (Å²) in [5, 5.41) is 2.85. The first kappa shape index (κ1) is 21.8. The van der Waals surface area contributed by atoms with Gasteiger partial charge in [0.05, 0.1) is 0 Å². The second kappa shape index (κ2) is 8.58. The lowest BCUT2D eigenvalue weighted by Gasteiger charge is -2.32. The van der Waals surface area contributed by atoms with Crippen LogP contribution in [0.1, 0.15) is 57.8 Å². The molecular formula is C27H28N2O3. The number of aromatic nitrogens is 1. The van der Waals surface area contributed by atoms with E-state index in [-0.39, 0.29) is 16.8 Å². The summed E-state index contributed by atoms with van der Waals surface area (Å²) in [6.45, 7) is 6.44. The molecule has 5 nitrogen and oxygen atoms in total. The smallest absolute Gasteiger partial charge is 0.268 e. The Balaban J connectivity index is 1.73. The molecule has 32 heavy (non-hydrogen) atoms. The minimum Gasteiger partial charge on any atom is -0.352 e. The van der Waals surface area contributed by atoms with Crippen LogP contribution in [-0.2, 0) is 12.8 Å². The van der Waals surface area contributed by atoms with E-state index in [9.17, 15) is 14.4 Å². The van der Waals surface area contributed by atoms with Gasteiger partial charge in [0.2, 0.25) is 0 Å². The Morgan fingerprint density at radius 2 is 1.69 bits per heavy atom. The highest BCUT2D eigenvalue weighted by Crippen LogP contribution is 2.35. The van der Waals surface area contributed by atoms with Crippen molar-refractivity contribution < 1.29 is 9.59 Å². The van der Waals surface area contributed by atoms with Crippen molar-refractivity contribution in [2.75, 3.05) is 6.54 Å². The van der Waals surface area contributed by atoms with Gasteiger partial charge in [0, 0.05) is 29.9 Å². The molecule has 2 aromatic carbocycles. The zero-order chi connectivity index (χ0) is 22.9. The molecule has 3 aromatic rings. The summed E-state index contributed by atoms with van der Waals surface area (Å²) in [6, 6.07) is 18.9. The second-order valence-corrected chi connectivity index (χ2v) is 9.33. The van der Waals surface area contributed by atoms with Crippen molar-refractivity contribution in [2.45, 2.75) is 40.0 Å². The first-order valence-electron chi connectivity index (χ1n) is 11.0. The van der Waals surface area contributed by atoms with Crippen molar-refractivity contribution in [1.29, 1.82) is 0 Å². The number of carbonyl (C=O) groups is 2. The first-order chi connectivity index (χ1) is 15.2. The summed E-state index contributed by atoms with van der Waals surface area (Å²) >= 11 is 0. The van der Waals surface area contributed by atoms with Crippen LogP contribution in [0.5, 0.6) is 0 Å². The second-order valence-electron chi connectivity index (χ2n) is 9.33. The topological polar surface area (TPSA) is 68.2 Å². The summed E-state index contributed by atoms with van der Waals surface area (Å²) in [6.07, 6.45) is 1.64. The van der Waals surface area contributed by atoms with E-state index in [4.69, 9.17) is 0 Å². The third-order valence-corrected chi connectivity index (χ3v) is 5.97. The summed E-state index contributed by atoms with van der Waals surface area (Å²) < 4.78 is 1.56. The van der Waals surface area contributed by atoms with E-state index in [1.165, 1.54) is 6.07 Å². The summed E-state index contributed by atoms with van der Waals surface area (Å²) in [5.74, 6) is -0.484. The number of fused-ring (bicyclic) bond motifs is 1. The predicted octanol–water partition coefficient (Wildman–Crippen LogP) is 4.27. The SMILES string of the molecule is Cc1ccc(-n2c3c(cc(C(=O)NCCc4ccccc4)c2=O)C(=O)CC(C)(C)C3)cc1. The molecule has 0 saturated heterocycles. The van der Waals surface area contributed by atoms with Crippen LogP contribution < -0.4 is 10.9 Å². The molecule has 0 saturated carbocycles. The number of rotatable bonds is 5. The number of amides is 1. The van der Waals surface area contributed by atoms with Crippen molar-refractivity contribution in [1.82, 2.24) is 9.88 Å². The lowest BCUT2D eigenvalue weighted by molar-refractivity contribution is 0.0908. The van der Waals surface area contributed by atoms with Gasteiger partial charge in [-0.05, 0) is 48.9 Å². The maximum atomic E-state index is 13.5. The Morgan fingerprint density at radius 3 is 2.38 bits per heavy atom. The largest absolute Gasteiger partial charge is 0.352 e. The summed E-state index contributed by atoms with van der Waals surface area (Å²) in [7, 11) is 0. The van der Waals surface area contributed by atoms with Crippen LogP contribution in [0, 0.1) is 12.3 Å². The Bertz CT molecular complexity index is 1220. The average molecular weight is 429 g/mol. The monoisotopic (exact) mass is 428 g/mol. The number of benzene rings is 2. The molecule has 0 fully saturated rings. The van der Waals surface area contributed by atoms with E-state index in [0.717, 1.165) is 11.1 Å². The Morgan fingerprint density at radius 1 is 1.00 bits per heavy atom. The number of nitrogens with one attached hydrogen (secondary N) is 1. The van der Waals surface area contributed by atoms with Crippen molar-refractivity contribution in [3.8, 4) is 5.69 Å². The van der Waals surface area contributed by atoms with Crippen LogP contribution in [0.2, 0.25) is 0 Å². The highest BCUT2D eigenvalue weighted by atomic mass is 16.2. The first-order valence-corrected chi connectivity index (χ1v) is 11.0. The molecule has 164 valence electrons. The quantitative estimate of drug-likeness (QED) is 0.660. The highest BCUT2D eigenvalue weighted by molar-refractivity contribution is 6.02. The fourth-order valence-corrected chi connectivity index (χ4v) is 4.30. The van der Waals surface area contributed by atoms with Gasteiger partial charge < -0.3 is 5.32 Å². The average Bonchev–Trinajstić information content (AvgIpc) is 2.74. The summed E-state index contributed by atoms with van der Waals surface area (Å²) in [5.41, 5.74) is 3.36. The van der Waals surface area contributed by atoms with Gasteiger partial charge in [-0.2, -0.15) is 0 Å². The van der Waals surface area contributed by atoms with Crippen molar-refractivity contribution in [3.05, 3.63) is 99.0 Å². The maximum Gasteiger partial charge on any atom is 0.268 e. The van der Waals surface area contributed by atoms with E-state index in [1.807, 2.05) is 75.4 Å². The fourth-order valence-electron chi connectivity index (χ4n) is 4.30. The molecule has 0 radical (unpaired) electrons. The maximum absolute atomic E-state index is 13.5. The molecule has 1 aromatic heterocycles. The van der Waals surface area contributed by atoms with Crippen molar-refractivity contribution in [2.24, 2.45) is 5.41 Å². The molecule has 1 heterocycles. The van der Waals surface area contributed by atoms with Crippen LogP contribution in [-0.4, -0.2) is 22.8 Å². The molecule has 0 aliphatic heterocycles. The van der Waals surface area contributed by atoms with Gasteiger partial charge in [-0.1, -0.05) is 61.9 Å². The molecule has 1 N–H and O–H groups in total. The molecule has 1 aliphatic rings. The Labute approximate surface area is 188 Å². The van der Waals surface area contributed by atoms with Gasteiger partial charge in [-0.15, -0.1) is 0 Å². The van der Waals surface area contributed by atoms with Gasteiger partial charge in [0.15, 0.2) is 5.78 Å². The van der Waals surface area contributed by atoms with E-state index >= 15 is 0 Å². The number of hydrogen-bond donors (Lipinski definition) is 1.